The highest BCUT2D eigenvalue weighted by Crippen LogP contribution is 2.36. The second-order valence-corrected chi connectivity index (χ2v) is 6.92. The molecule has 6 heteroatoms. The van der Waals surface area contributed by atoms with Gasteiger partial charge in [0.1, 0.15) is 5.15 Å². The predicted molar refractivity (Wildman–Crippen MR) is 80.6 cm³/mol. The minimum atomic E-state index is -0.453. The fourth-order valence-corrected chi connectivity index (χ4v) is 2.68. The third kappa shape index (κ3) is 2.27. The molecule has 0 atom stereocenters. The van der Waals surface area contributed by atoms with Crippen molar-refractivity contribution in [2.24, 2.45) is 0 Å². The maximum Gasteiger partial charge on any atom is 0.514 e. The zero-order valence-electron chi connectivity index (χ0n) is 12.4. The average Bonchev–Trinajstić information content (AvgIpc) is 2.48. The number of aromatic nitrogens is 1. The van der Waals surface area contributed by atoms with Gasteiger partial charge in [-0.05, 0) is 39.3 Å². The van der Waals surface area contributed by atoms with Crippen LogP contribution in [-0.2, 0) is 9.31 Å². The lowest BCUT2D eigenvalue weighted by molar-refractivity contribution is 0.00578. The van der Waals surface area contributed by atoms with E-state index >= 15 is 0 Å². The van der Waals surface area contributed by atoms with Crippen molar-refractivity contribution in [1.82, 2.24) is 10.3 Å². The third-order valence-electron chi connectivity index (χ3n) is 4.62. The van der Waals surface area contributed by atoms with Crippen LogP contribution >= 0.6 is 11.6 Å². The molecule has 1 aromatic heterocycles. The van der Waals surface area contributed by atoms with Gasteiger partial charge in [-0.3, -0.25) is 0 Å². The third-order valence-corrected chi connectivity index (χ3v) is 4.92. The second-order valence-electron chi connectivity index (χ2n) is 6.56. The molecule has 108 valence electrons. The van der Waals surface area contributed by atoms with Gasteiger partial charge < -0.3 is 14.6 Å². The van der Waals surface area contributed by atoms with Crippen molar-refractivity contribution in [2.75, 3.05) is 13.1 Å². The molecule has 0 spiro atoms. The Balaban J connectivity index is 1.83. The number of hydrogen-bond acceptors (Lipinski definition) is 4. The highest BCUT2D eigenvalue weighted by atomic mass is 35.5. The van der Waals surface area contributed by atoms with Gasteiger partial charge >= 0.3 is 7.12 Å². The maximum absolute atomic E-state index is 6.31. The van der Waals surface area contributed by atoms with Crippen molar-refractivity contribution in [1.29, 1.82) is 0 Å². The van der Waals surface area contributed by atoms with Gasteiger partial charge in [0.15, 0.2) is 0 Å². The summed E-state index contributed by atoms with van der Waals surface area (Å²) in [6.07, 6.45) is 0. The molecule has 2 saturated heterocycles. The van der Waals surface area contributed by atoms with Gasteiger partial charge in [-0.15, -0.1) is 0 Å². The summed E-state index contributed by atoms with van der Waals surface area (Å²) in [5.74, 6) is 0.474. The van der Waals surface area contributed by atoms with Crippen LogP contribution in [0.2, 0.25) is 5.15 Å². The first kappa shape index (κ1) is 14.3. The highest BCUT2D eigenvalue weighted by molar-refractivity contribution is 6.61. The molecule has 2 aliphatic rings. The van der Waals surface area contributed by atoms with Crippen LogP contribution in [0, 0.1) is 0 Å². The van der Waals surface area contributed by atoms with Crippen LogP contribution in [0.25, 0.3) is 0 Å². The van der Waals surface area contributed by atoms with Crippen LogP contribution in [-0.4, -0.2) is 36.4 Å². The van der Waals surface area contributed by atoms with Crippen LogP contribution < -0.4 is 10.9 Å². The van der Waals surface area contributed by atoms with Gasteiger partial charge in [0, 0.05) is 19.0 Å². The molecule has 1 N–H and O–H groups in total. The Hall–Kier alpha value is -0.615. The number of nitrogens with one attached hydrogen (secondary N) is 1. The molecule has 3 rings (SSSR count). The Morgan fingerprint density at radius 1 is 1.20 bits per heavy atom. The fourth-order valence-electron chi connectivity index (χ4n) is 2.37. The summed E-state index contributed by atoms with van der Waals surface area (Å²) < 4.78 is 12.0. The largest absolute Gasteiger partial charge is 0.514 e. The van der Waals surface area contributed by atoms with Crippen LogP contribution in [0.5, 0.6) is 0 Å². The van der Waals surface area contributed by atoms with Crippen LogP contribution in [0.4, 0.5) is 0 Å². The monoisotopic (exact) mass is 294 g/mol. The number of nitrogens with zero attached hydrogens (tertiary/aromatic N) is 1. The smallest absolute Gasteiger partial charge is 0.398 e. The quantitative estimate of drug-likeness (QED) is 0.666. The molecule has 0 bridgehead atoms. The summed E-state index contributed by atoms with van der Waals surface area (Å²) in [7, 11) is -0.453. The minimum absolute atomic E-state index is 0.359. The van der Waals surface area contributed by atoms with Gasteiger partial charge in [-0.2, -0.15) is 0 Å². The average molecular weight is 295 g/mol. The lowest BCUT2D eigenvalue weighted by Crippen LogP contribution is -2.41. The summed E-state index contributed by atoms with van der Waals surface area (Å²) in [5, 5.41) is 3.80. The van der Waals surface area contributed by atoms with Crippen LogP contribution in [0.15, 0.2) is 12.1 Å². The normalized spacial score (nSPS) is 24.8. The van der Waals surface area contributed by atoms with Crippen molar-refractivity contribution in [3.8, 4) is 0 Å². The molecule has 0 radical (unpaired) electrons. The van der Waals surface area contributed by atoms with E-state index in [1.54, 1.807) is 0 Å². The number of pyridine rings is 1. The molecule has 0 aromatic carbocycles. The molecule has 2 aliphatic heterocycles. The van der Waals surface area contributed by atoms with Crippen molar-refractivity contribution >= 4 is 24.3 Å². The predicted octanol–water partition coefficient (Wildman–Crippen LogP) is 1.72. The molecular formula is C14H20BClN2O2. The number of rotatable bonds is 2. The van der Waals surface area contributed by atoms with Crippen molar-refractivity contribution < 1.29 is 9.31 Å². The van der Waals surface area contributed by atoms with Gasteiger partial charge in [-0.1, -0.05) is 17.7 Å². The van der Waals surface area contributed by atoms with Gasteiger partial charge in [0.25, 0.3) is 0 Å². The number of hydrogen-bond donors (Lipinski definition) is 1. The maximum atomic E-state index is 6.31. The van der Waals surface area contributed by atoms with Gasteiger partial charge in [-0.25, -0.2) is 4.98 Å². The first-order chi connectivity index (χ1) is 9.30. The summed E-state index contributed by atoms with van der Waals surface area (Å²) in [6, 6.07) is 4.00. The molecule has 0 amide bonds. The summed E-state index contributed by atoms with van der Waals surface area (Å²) in [4.78, 5) is 4.48. The van der Waals surface area contributed by atoms with E-state index < -0.39 is 7.12 Å². The standard InChI is InChI=1S/C14H20BClN2O2/c1-13(2)14(3,4)20-15(19-13)11-6-5-10(12(16)18-11)9-7-17-8-9/h5-6,9,17H,7-8H2,1-4H3. The van der Waals surface area contributed by atoms with E-state index in [0.29, 0.717) is 11.1 Å². The summed E-state index contributed by atoms with van der Waals surface area (Å²) >= 11 is 6.31. The van der Waals surface area contributed by atoms with Gasteiger partial charge in [0.2, 0.25) is 0 Å². The molecular weight excluding hydrogens is 274 g/mol. The minimum Gasteiger partial charge on any atom is -0.398 e. The first-order valence-electron chi connectivity index (χ1n) is 7.03. The van der Waals surface area contributed by atoms with Gasteiger partial charge in [0.05, 0.1) is 16.8 Å². The molecule has 0 saturated carbocycles. The highest BCUT2D eigenvalue weighted by Gasteiger charge is 2.52. The zero-order valence-corrected chi connectivity index (χ0v) is 13.1. The van der Waals surface area contributed by atoms with E-state index in [4.69, 9.17) is 20.9 Å². The lowest BCUT2D eigenvalue weighted by atomic mass is 9.83. The Morgan fingerprint density at radius 2 is 1.80 bits per heavy atom. The Labute approximate surface area is 125 Å². The zero-order chi connectivity index (χ0) is 14.5. The number of halogens is 1. The SMILES string of the molecule is CC1(C)OB(c2ccc(C3CNC3)c(Cl)n2)OC1(C)C. The molecule has 0 aliphatic carbocycles. The molecule has 2 fully saturated rings. The molecule has 4 nitrogen and oxygen atoms in total. The first-order valence-corrected chi connectivity index (χ1v) is 7.41. The van der Waals surface area contributed by atoms with Crippen LogP contribution in [0.3, 0.4) is 0 Å². The van der Waals surface area contributed by atoms with Crippen molar-refractivity contribution in [3.05, 3.63) is 22.8 Å². The van der Waals surface area contributed by atoms with Crippen LogP contribution in [0.1, 0.15) is 39.2 Å². The Kier molecular flexibility index (Phi) is 3.37. The van der Waals surface area contributed by atoms with Crippen molar-refractivity contribution in [3.63, 3.8) is 0 Å². The lowest BCUT2D eigenvalue weighted by Gasteiger charge is -2.32. The molecule has 20 heavy (non-hydrogen) atoms. The Bertz CT molecular complexity index is 516. The summed E-state index contributed by atoms with van der Waals surface area (Å²) in [6.45, 7) is 10.1. The molecule has 3 heterocycles. The van der Waals surface area contributed by atoms with E-state index in [0.717, 1.165) is 24.2 Å². The molecule has 0 unspecified atom stereocenters. The fraction of sp³-hybridized carbons (Fsp3) is 0.643. The van der Waals surface area contributed by atoms with Crippen molar-refractivity contribution in [2.45, 2.75) is 44.8 Å². The van der Waals surface area contributed by atoms with E-state index in [2.05, 4.69) is 10.3 Å². The van der Waals surface area contributed by atoms with E-state index in [1.165, 1.54) is 0 Å². The summed E-state index contributed by atoms with van der Waals surface area (Å²) in [5.41, 5.74) is 1.13. The topological polar surface area (TPSA) is 43.4 Å². The van der Waals surface area contributed by atoms with E-state index in [-0.39, 0.29) is 11.2 Å². The second kappa shape index (κ2) is 4.70. The Morgan fingerprint density at radius 3 is 2.25 bits per heavy atom. The van der Waals surface area contributed by atoms with E-state index in [1.807, 2.05) is 39.8 Å². The molecule has 1 aromatic rings. The van der Waals surface area contributed by atoms with E-state index in [9.17, 15) is 0 Å².